The van der Waals surface area contributed by atoms with Crippen molar-refractivity contribution in [3.8, 4) is 0 Å². The maximum Gasteiger partial charge on any atom is 0.224 e. The zero-order valence-corrected chi connectivity index (χ0v) is 13.6. The SMILES string of the molecule is CCCC(=O)Nc1cccc(CNC(=NC)NC2CC2C)c1. The molecule has 0 heterocycles. The van der Waals surface area contributed by atoms with E-state index in [-0.39, 0.29) is 5.91 Å². The summed E-state index contributed by atoms with van der Waals surface area (Å²) in [5.74, 6) is 1.62. The van der Waals surface area contributed by atoms with Crippen molar-refractivity contribution in [2.24, 2.45) is 10.9 Å². The largest absolute Gasteiger partial charge is 0.353 e. The second-order valence-electron chi connectivity index (χ2n) is 5.89. The lowest BCUT2D eigenvalue weighted by molar-refractivity contribution is -0.116. The van der Waals surface area contributed by atoms with Gasteiger partial charge in [0.25, 0.3) is 0 Å². The number of guanidine groups is 1. The highest BCUT2D eigenvalue weighted by molar-refractivity contribution is 5.90. The molecule has 1 amide bonds. The van der Waals surface area contributed by atoms with E-state index in [9.17, 15) is 4.79 Å². The monoisotopic (exact) mass is 302 g/mol. The molecule has 0 bridgehead atoms. The summed E-state index contributed by atoms with van der Waals surface area (Å²) in [6.45, 7) is 4.91. The molecule has 0 aliphatic heterocycles. The minimum absolute atomic E-state index is 0.0628. The van der Waals surface area contributed by atoms with Crippen LogP contribution in [0.2, 0.25) is 0 Å². The summed E-state index contributed by atoms with van der Waals surface area (Å²) in [4.78, 5) is 15.9. The summed E-state index contributed by atoms with van der Waals surface area (Å²) in [5.41, 5.74) is 1.96. The van der Waals surface area contributed by atoms with Crippen molar-refractivity contribution in [1.29, 1.82) is 0 Å². The number of anilines is 1. The first-order valence-electron chi connectivity index (χ1n) is 7.98. The van der Waals surface area contributed by atoms with E-state index in [1.807, 2.05) is 31.2 Å². The van der Waals surface area contributed by atoms with Gasteiger partial charge in [-0.25, -0.2) is 0 Å². The molecule has 1 aliphatic carbocycles. The Bertz CT molecular complexity index is 541. The van der Waals surface area contributed by atoms with Gasteiger partial charge in [-0.1, -0.05) is 26.0 Å². The van der Waals surface area contributed by atoms with E-state index < -0.39 is 0 Å². The van der Waals surface area contributed by atoms with E-state index in [2.05, 4.69) is 27.9 Å². The molecular formula is C17H26N4O. The smallest absolute Gasteiger partial charge is 0.224 e. The van der Waals surface area contributed by atoms with Crippen LogP contribution in [-0.4, -0.2) is 25.0 Å². The highest BCUT2D eigenvalue weighted by Gasteiger charge is 2.33. The van der Waals surface area contributed by atoms with E-state index in [4.69, 9.17) is 0 Å². The van der Waals surface area contributed by atoms with E-state index in [1.165, 1.54) is 6.42 Å². The fourth-order valence-corrected chi connectivity index (χ4v) is 2.29. The lowest BCUT2D eigenvalue weighted by atomic mass is 10.2. The van der Waals surface area contributed by atoms with Crippen LogP contribution in [0, 0.1) is 5.92 Å². The third-order valence-electron chi connectivity index (χ3n) is 3.80. The van der Waals surface area contributed by atoms with Crippen molar-refractivity contribution >= 4 is 17.6 Å². The number of hydrogen-bond acceptors (Lipinski definition) is 2. The normalized spacial score (nSPS) is 20.4. The van der Waals surface area contributed by atoms with Gasteiger partial charge in [0.05, 0.1) is 0 Å². The number of carbonyl (C=O) groups is 1. The summed E-state index contributed by atoms with van der Waals surface area (Å²) < 4.78 is 0. The number of amides is 1. The minimum Gasteiger partial charge on any atom is -0.353 e. The molecule has 3 N–H and O–H groups in total. The Balaban J connectivity index is 1.85. The van der Waals surface area contributed by atoms with Gasteiger partial charge in [-0.15, -0.1) is 0 Å². The predicted octanol–water partition coefficient (Wildman–Crippen LogP) is 2.50. The average molecular weight is 302 g/mol. The fourth-order valence-electron chi connectivity index (χ4n) is 2.29. The molecule has 1 aromatic carbocycles. The molecule has 1 saturated carbocycles. The van der Waals surface area contributed by atoms with Crippen LogP contribution in [0.15, 0.2) is 29.3 Å². The van der Waals surface area contributed by atoms with E-state index in [0.717, 1.165) is 29.5 Å². The Kier molecular flexibility index (Phi) is 5.81. The number of rotatable bonds is 6. The van der Waals surface area contributed by atoms with Gasteiger partial charge in [0.15, 0.2) is 5.96 Å². The number of benzene rings is 1. The van der Waals surface area contributed by atoms with Crippen LogP contribution >= 0.6 is 0 Å². The van der Waals surface area contributed by atoms with Crippen molar-refractivity contribution in [3.63, 3.8) is 0 Å². The van der Waals surface area contributed by atoms with Crippen molar-refractivity contribution < 1.29 is 4.79 Å². The highest BCUT2D eigenvalue weighted by atomic mass is 16.1. The van der Waals surface area contributed by atoms with E-state index in [0.29, 0.717) is 19.0 Å². The number of hydrogen-bond donors (Lipinski definition) is 3. The Morgan fingerprint density at radius 2 is 2.18 bits per heavy atom. The minimum atomic E-state index is 0.0628. The van der Waals surface area contributed by atoms with Gasteiger partial charge in [-0.05, 0) is 36.5 Å². The molecule has 2 atom stereocenters. The molecule has 120 valence electrons. The summed E-state index contributed by atoms with van der Waals surface area (Å²) in [6, 6.07) is 8.45. The van der Waals surface area contributed by atoms with Gasteiger partial charge >= 0.3 is 0 Å². The third-order valence-corrected chi connectivity index (χ3v) is 3.80. The molecule has 0 aromatic heterocycles. The lowest BCUT2D eigenvalue weighted by Gasteiger charge is -2.12. The molecule has 1 aromatic rings. The molecule has 1 aliphatic rings. The standard InChI is InChI=1S/C17H26N4O/c1-4-6-16(22)20-14-8-5-7-13(10-14)11-19-17(18-3)21-15-9-12(15)2/h5,7-8,10,12,15H,4,6,9,11H2,1-3H3,(H,20,22)(H2,18,19,21). The summed E-state index contributed by atoms with van der Waals surface area (Å²) in [6.07, 6.45) is 2.62. The molecule has 0 radical (unpaired) electrons. The first kappa shape index (κ1) is 16.3. The zero-order chi connectivity index (χ0) is 15.9. The van der Waals surface area contributed by atoms with Gasteiger partial charge < -0.3 is 16.0 Å². The zero-order valence-electron chi connectivity index (χ0n) is 13.6. The van der Waals surface area contributed by atoms with Gasteiger partial charge in [-0.3, -0.25) is 9.79 Å². The molecule has 2 rings (SSSR count). The fraction of sp³-hybridized carbons (Fsp3) is 0.529. The second-order valence-corrected chi connectivity index (χ2v) is 5.89. The molecule has 0 saturated heterocycles. The van der Waals surface area contributed by atoms with E-state index >= 15 is 0 Å². The molecule has 2 unspecified atom stereocenters. The van der Waals surface area contributed by atoms with Gasteiger partial charge in [0, 0.05) is 31.7 Å². The maximum absolute atomic E-state index is 11.6. The van der Waals surface area contributed by atoms with Crippen molar-refractivity contribution in [3.05, 3.63) is 29.8 Å². The predicted molar refractivity (Wildman–Crippen MR) is 90.9 cm³/mol. The van der Waals surface area contributed by atoms with Crippen molar-refractivity contribution in [1.82, 2.24) is 10.6 Å². The third kappa shape index (κ3) is 5.06. The average Bonchev–Trinajstić information content (AvgIpc) is 3.19. The quantitative estimate of drug-likeness (QED) is 0.559. The molecular weight excluding hydrogens is 276 g/mol. The number of carbonyl (C=O) groups excluding carboxylic acids is 1. The first-order valence-corrected chi connectivity index (χ1v) is 7.98. The molecule has 5 nitrogen and oxygen atoms in total. The maximum atomic E-state index is 11.6. The molecule has 1 fully saturated rings. The van der Waals surface area contributed by atoms with E-state index in [1.54, 1.807) is 7.05 Å². The van der Waals surface area contributed by atoms with Crippen LogP contribution in [0.1, 0.15) is 38.7 Å². The van der Waals surface area contributed by atoms with Crippen LogP contribution in [-0.2, 0) is 11.3 Å². The van der Waals surface area contributed by atoms with Crippen molar-refractivity contribution in [2.75, 3.05) is 12.4 Å². The van der Waals surface area contributed by atoms with Crippen LogP contribution in [0.4, 0.5) is 5.69 Å². The van der Waals surface area contributed by atoms with Crippen LogP contribution in [0.5, 0.6) is 0 Å². The molecule has 22 heavy (non-hydrogen) atoms. The van der Waals surface area contributed by atoms with Gasteiger partial charge in [-0.2, -0.15) is 0 Å². The summed E-state index contributed by atoms with van der Waals surface area (Å²) in [7, 11) is 1.78. The Morgan fingerprint density at radius 1 is 1.41 bits per heavy atom. The van der Waals surface area contributed by atoms with Gasteiger partial charge in [0.2, 0.25) is 5.91 Å². The van der Waals surface area contributed by atoms with Crippen LogP contribution < -0.4 is 16.0 Å². The summed E-state index contributed by atoms with van der Waals surface area (Å²) >= 11 is 0. The molecule has 5 heteroatoms. The highest BCUT2D eigenvalue weighted by Crippen LogP contribution is 2.28. The lowest BCUT2D eigenvalue weighted by Crippen LogP contribution is -2.38. The first-order chi connectivity index (χ1) is 10.6. The number of aliphatic imine (C=N–C) groups is 1. The Labute approximate surface area is 132 Å². The topological polar surface area (TPSA) is 65.5 Å². The van der Waals surface area contributed by atoms with Crippen LogP contribution in [0.25, 0.3) is 0 Å². The summed E-state index contributed by atoms with van der Waals surface area (Å²) in [5, 5.41) is 9.62. The number of nitrogens with zero attached hydrogens (tertiary/aromatic N) is 1. The van der Waals surface area contributed by atoms with Crippen LogP contribution in [0.3, 0.4) is 0 Å². The van der Waals surface area contributed by atoms with Gasteiger partial charge in [0.1, 0.15) is 0 Å². The van der Waals surface area contributed by atoms with Crippen molar-refractivity contribution in [2.45, 2.75) is 45.7 Å². The Hall–Kier alpha value is -2.04. The number of nitrogens with one attached hydrogen (secondary N) is 3. The Morgan fingerprint density at radius 3 is 2.82 bits per heavy atom. The molecule has 0 spiro atoms. The second kappa shape index (κ2) is 7.82.